The molecule has 0 spiro atoms. The summed E-state index contributed by atoms with van der Waals surface area (Å²) in [4.78, 5) is 20.9. The number of benzene rings is 2. The van der Waals surface area contributed by atoms with Crippen LogP contribution in [0.1, 0.15) is 48.3 Å². The van der Waals surface area contributed by atoms with E-state index in [1.807, 2.05) is 42.5 Å². The number of carbonyl (C=O) groups is 1. The van der Waals surface area contributed by atoms with E-state index >= 15 is 0 Å². The highest BCUT2D eigenvalue weighted by atomic mass is 16.1. The second kappa shape index (κ2) is 8.45. The Hall–Kier alpha value is -3.21. The van der Waals surface area contributed by atoms with Gasteiger partial charge < -0.3 is 10.6 Å². The maximum Gasteiger partial charge on any atom is 0.275 e. The van der Waals surface area contributed by atoms with Gasteiger partial charge in [-0.3, -0.25) is 4.79 Å². The Labute approximate surface area is 159 Å². The van der Waals surface area contributed by atoms with Gasteiger partial charge in [-0.05, 0) is 41.7 Å². The van der Waals surface area contributed by atoms with E-state index in [2.05, 4.69) is 47.4 Å². The van der Waals surface area contributed by atoms with Crippen molar-refractivity contribution in [2.45, 2.75) is 33.1 Å². The van der Waals surface area contributed by atoms with Crippen LogP contribution in [-0.4, -0.2) is 15.9 Å². The zero-order valence-electron chi connectivity index (χ0n) is 15.9. The quantitative estimate of drug-likeness (QED) is 0.637. The number of aromatic nitrogens is 2. The highest BCUT2D eigenvalue weighted by Gasteiger charge is 2.09. The molecule has 27 heavy (non-hydrogen) atoms. The molecule has 2 aromatic carbocycles. The largest absolute Gasteiger partial charge is 0.339 e. The van der Waals surface area contributed by atoms with Crippen LogP contribution >= 0.6 is 0 Å². The first kappa shape index (κ1) is 18.6. The molecule has 0 aliphatic heterocycles. The van der Waals surface area contributed by atoms with Crippen molar-refractivity contribution in [2.24, 2.45) is 0 Å². The first-order chi connectivity index (χ1) is 13.1. The zero-order chi connectivity index (χ0) is 19.2. The molecule has 0 atom stereocenters. The summed E-state index contributed by atoms with van der Waals surface area (Å²) in [6.07, 6.45) is 3.98. The summed E-state index contributed by atoms with van der Waals surface area (Å²) in [6.45, 7) is 6.38. The van der Waals surface area contributed by atoms with Crippen molar-refractivity contribution < 1.29 is 4.79 Å². The van der Waals surface area contributed by atoms with Gasteiger partial charge in [-0.15, -0.1) is 0 Å². The number of anilines is 3. The van der Waals surface area contributed by atoms with Gasteiger partial charge in [-0.1, -0.05) is 51.1 Å². The second-order valence-corrected chi connectivity index (χ2v) is 6.65. The summed E-state index contributed by atoms with van der Waals surface area (Å²) in [7, 11) is 0. The van der Waals surface area contributed by atoms with Gasteiger partial charge in [0.2, 0.25) is 0 Å². The monoisotopic (exact) mass is 360 g/mol. The van der Waals surface area contributed by atoms with Crippen LogP contribution < -0.4 is 10.6 Å². The number of hydrogen-bond donors (Lipinski definition) is 2. The molecule has 2 N–H and O–H groups in total. The Bertz CT molecular complexity index is 902. The molecular formula is C22H24N4O. The topological polar surface area (TPSA) is 66.9 Å². The Balaban J connectivity index is 1.66. The fourth-order valence-electron chi connectivity index (χ4n) is 2.74. The van der Waals surface area contributed by atoms with E-state index in [0.717, 1.165) is 17.8 Å². The van der Waals surface area contributed by atoms with Crippen molar-refractivity contribution in [1.29, 1.82) is 0 Å². The van der Waals surface area contributed by atoms with Crippen molar-refractivity contribution in [3.8, 4) is 0 Å². The molecule has 0 unspecified atom stereocenters. The van der Waals surface area contributed by atoms with Crippen LogP contribution in [-0.2, 0) is 6.42 Å². The Morgan fingerprint density at radius 1 is 1.00 bits per heavy atom. The molecule has 5 heteroatoms. The third-order valence-corrected chi connectivity index (χ3v) is 4.38. The molecular weight excluding hydrogens is 336 g/mol. The lowest BCUT2D eigenvalue weighted by Crippen LogP contribution is -2.14. The van der Waals surface area contributed by atoms with E-state index < -0.39 is 0 Å². The molecule has 0 aliphatic rings. The first-order valence-electron chi connectivity index (χ1n) is 9.15. The van der Waals surface area contributed by atoms with Gasteiger partial charge in [-0.25, -0.2) is 9.97 Å². The van der Waals surface area contributed by atoms with Gasteiger partial charge in [0.05, 0.1) is 12.4 Å². The van der Waals surface area contributed by atoms with Crippen LogP contribution in [0.2, 0.25) is 0 Å². The summed E-state index contributed by atoms with van der Waals surface area (Å²) < 4.78 is 0. The van der Waals surface area contributed by atoms with Crippen molar-refractivity contribution in [3.63, 3.8) is 0 Å². The lowest BCUT2D eigenvalue weighted by atomic mass is 10.0. The molecule has 5 nitrogen and oxygen atoms in total. The fraction of sp³-hybridized carbons (Fsp3) is 0.227. The Morgan fingerprint density at radius 3 is 2.37 bits per heavy atom. The minimum Gasteiger partial charge on any atom is -0.339 e. The van der Waals surface area contributed by atoms with E-state index in [0.29, 0.717) is 11.7 Å². The van der Waals surface area contributed by atoms with E-state index in [1.165, 1.54) is 17.3 Å². The second-order valence-electron chi connectivity index (χ2n) is 6.65. The van der Waals surface area contributed by atoms with Gasteiger partial charge in [0.25, 0.3) is 5.91 Å². The molecule has 138 valence electrons. The molecule has 0 radical (unpaired) electrons. The highest BCUT2D eigenvalue weighted by molar-refractivity contribution is 6.02. The standard InChI is InChI=1S/C22H24N4O/c1-4-16-7-5-6-8-19(16)26-21-14-23-20(13-24-21)22(27)25-18-11-9-17(10-12-18)15(2)3/h5-15H,4H2,1-3H3,(H,24,26)(H,25,27). The first-order valence-corrected chi connectivity index (χ1v) is 9.15. The van der Waals surface area contributed by atoms with Gasteiger partial charge in [0.1, 0.15) is 11.5 Å². The number of amides is 1. The Kier molecular flexibility index (Phi) is 5.81. The summed E-state index contributed by atoms with van der Waals surface area (Å²) in [6, 6.07) is 15.9. The van der Waals surface area contributed by atoms with E-state index in [9.17, 15) is 4.79 Å². The average Bonchev–Trinajstić information content (AvgIpc) is 2.69. The van der Waals surface area contributed by atoms with Crippen LogP contribution in [0, 0.1) is 0 Å². The summed E-state index contributed by atoms with van der Waals surface area (Å²) in [5.74, 6) is 0.785. The van der Waals surface area contributed by atoms with E-state index in [1.54, 1.807) is 6.20 Å². The third-order valence-electron chi connectivity index (χ3n) is 4.38. The van der Waals surface area contributed by atoms with Crippen molar-refractivity contribution in [1.82, 2.24) is 9.97 Å². The van der Waals surface area contributed by atoms with Crippen LogP contribution in [0.3, 0.4) is 0 Å². The fourth-order valence-corrected chi connectivity index (χ4v) is 2.74. The average molecular weight is 360 g/mol. The van der Waals surface area contributed by atoms with Crippen LogP contribution in [0.15, 0.2) is 60.9 Å². The number of carbonyl (C=O) groups excluding carboxylic acids is 1. The highest BCUT2D eigenvalue weighted by Crippen LogP contribution is 2.20. The number of hydrogen-bond acceptors (Lipinski definition) is 4. The summed E-state index contributed by atoms with van der Waals surface area (Å²) in [5, 5.41) is 6.10. The predicted octanol–water partition coefficient (Wildman–Crippen LogP) is 5.16. The maximum atomic E-state index is 12.4. The summed E-state index contributed by atoms with van der Waals surface area (Å²) in [5.41, 5.74) is 4.45. The predicted molar refractivity (Wildman–Crippen MR) is 110 cm³/mol. The number of aryl methyl sites for hydroxylation is 1. The SMILES string of the molecule is CCc1ccccc1Nc1cnc(C(=O)Nc2ccc(C(C)C)cc2)cn1. The third kappa shape index (κ3) is 4.70. The molecule has 0 aliphatic carbocycles. The normalized spacial score (nSPS) is 10.7. The van der Waals surface area contributed by atoms with Crippen molar-refractivity contribution >= 4 is 23.1 Å². The molecule has 0 bridgehead atoms. The van der Waals surface area contributed by atoms with Crippen LogP contribution in [0.4, 0.5) is 17.2 Å². The molecule has 0 fully saturated rings. The van der Waals surface area contributed by atoms with E-state index in [-0.39, 0.29) is 11.6 Å². The number of nitrogens with zero attached hydrogens (tertiary/aromatic N) is 2. The van der Waals surface area contributed by atoms with Gasteiger partial charge in [0, 0.05) is 11.4 Å². The minimum absolute atomic E-state index is 0.275. The van der Waals surface area contributed by atoms with Gasteiger partial charge >= 0.3 is 0 Å². The molecule has 1 aromatic heterocycles. The molecule has 3 rings (SSSR count). The smallest absolute Gasteiger partial charge is 0.275 e. The minimum atomic E-state index is -0.277. The molecule has 1 heterocycles. The number of nitrogens with one attached hydrogen (secondary N) is 2. The van der Waals surface area contributed by atoms with Crippen LogP contribution in [0.5, 0.6) is 0 Å². The number of para-hydroxylation sites is 1. The van der Waals surface area contributed by atoms with Gasteiger partial charge in [0.15, 0.2) is 0 Å². The van der Waals surface area contributed by atoms with Crippen molar-refractivity contribution in [3.05, 3.63) is 77.7 Å². The van der Waals surface area contributed by atoms with Gasteiger partial charge in [-0.2, -0.15) is 0 Å². The number of rotatable bonds is 6. The maximum absolute atomic E-state index is 12.4. The molecule has 0 saturated carbocycles. The Morgan fingerprint density at radius 2 is 1.74 bits per heavy atom. The molecule has 3 aromatic rings. The molecule has 0 saturated heterocycles. The molecule has 1 amide bonds. The summed E-state index contributed by atoms with van der Waals surface area (Å²) >= 11 is 0. The van der Waals surface area contributed by atoms with E-state index in [4.69, 9.17) is 0 Å². The lowest BCUT2D eigenvalue weighted by molar-refractivity contribution is 0.102. The zero-order valence-corrected chi connectivity index (χ0v) is 15.9. The van der Waals surface area contributed by atoms with Crippen LogP contribution in [0.25, 0.3) is 0 Å². The lowest BCUT2D eigenvalue weighted by Gasteiger charge is -2.10. The van der Waals surface area contributed by atoms with Crippen molar-refractivity contribution in [2.75, 3.05) is 10.6 Å².